The van der Waals surface area contributed by atoms with Crippen molar-refractivity contribution in [2.24, 2.45) is 0 Å². The SMILES string of the molecule is CCCCOc1nc(N)c2[nH]c(=O)n(CCN3CCC(Oc4cccc(CC(=O)OC)c4)CC3)c2n1. The van der Waals surface area contributed by atoms with E-state index in [0.717, 1.165) is 50.1 Å². The van der Waals surface area contributed by atoms with Gasteiger partial charge in [0, 0.05) is 26.2 Å². The number of methoxy groups -OCH3 is 1. The molecular weight excluding hydrogens is 464 g/mol. The highest BCUT2D eigenvalue weighted by Gasteiger charge is 2.22. The molecule has 194 valence electrons. The van der Waals surface area contributed by atoms with Crippen LogP contribution in [-0.2, 0) is 22.5 Å². The lowest BCUT2D eigenvalue weighted by atomic mass is 10.1. The fraction of sp³-hybridized carbons (Fsp3) is 0.520. The monoisotopic (exact) mass is 498 g/mol. The van der Waals surface area contributed by atoms with E-state index in [9.17, 15) is 9.59 Å². The summed E-state index contributed by atoms with van der Waals surface area (Å²) in [5.74, 6) is 0.689. The number of nitrogens with zero attached hydrogens (tertiary/aromatic N) is 4. The molecule has 11 nitrogen and oxygen atoms in total. The van der Waals surface area contributed by atoms with E-state index in [1.165, 1.54) is 7.11 Å². The molecule has 1 fully saturated rings. The van der Waals surface area contributed by atoms with Gasteiger partial charge < -0.3 is 29.8 Å². The Morgan fingerprint density at radius 2 is 2.03 bits per heavy atom. The van der Waals surface area contributed by atoms with Crippen molar-refractivity contribution in [3.05, 3.63) is 40.3 Å². The van der Waals surface area contributed by atoms with E-state index < -0.39 is 0 Å². The van der Waals surface area contributed by atoms with E-state index in [4.69, 9.17) is 19.9 Å². The summed E-state index contributed by atoms with van der Waals surface area (Å²) >= 11 is 0. The van der Waals surface area contributed by atoms with E-state index in [1.807, 2.05) is 24.3 Å². The third-order valence-electron chi connectivity index (χ3n) is 6.31. The minimum Gasteiger partial charge on any atom is -0.490 e. The van der Waals surface area contributed by atoms with Crippen molar-refractivity contribution < 1.29 is 19.0 Å². The zero-order valence-corrected chi connectivity index (χ0v) is 20.9. The molecule has 1 saturated heterocycles. The smallest absolute Gasteiger partial charge is 0.327 e. The number of piperidine rings is 1. The van der Waals surface area contributed by atoms with Crippen LogP contribution in [0.15, 0.2) is 29.1 Å². The number of aromatic amines is 1. The second-order valence-corrected chi connectivity index (χ2v) is 8.93. The Hall–Kier alpha value is -3.60. The molecule has 3 heterocycles. The Balaban J connectivity index is 1.32. The number of fused-ring (bicyclic) bond motifs is 1. The summed E-state index contributed by atoms with van der Waals surface area (Å²) in [6.45, 7) is 5.46. The highest BCUT2D eigenvalue weighted by molar-refractivity contribution is 5.81. The van der Waals surface area contributed by atoms with Gasteiger partial charge in [0.05, 0.1) is 20.1 Å². The van der Waals surface area contributed by atoms with Gasteiger partial charge in [0.2, 0.25) is 0 Å². The average Bonchev–Trinajstić information content (AvgIpc) is 3.19. The van der Waals surface area contributed by atoms with Crippen molar-refractivity contribution in [2.75, 3.05) is 39.1 Å². The molecular formula is C25H34N6O5. The maximum absolute atomic E-state index is 12.6. The van der Waals surface area contributed by atoms with E-state index in [0.29, 0.717) is 30.9 Å². The number of ether oxygens (including phenoxy) is 3. The van der Waals surface area contributed by atoms with Gasteiger partial charge in [0.25, 0.3) is 0 Å². The Morgan fingerprint density at radius 3 is 2.78 bits per heavy atom. The molecule has 0 aliphatic carbocycles. The fourth-order valence-corrected chi connectivity index (χ4v) is 4.26. The van der Waals surface area contributed by atoms with Crippen molar-refractivity contribution in [3.63, 3.8) is 0 Å². The van der Waals surface area contributed by atoms with E-state index in [1.54, 1.807) is 4.57 Å². The number of carbonyl (C=O) groups excluding carboxylic acids is 1. The van der Waals surface area contributed by atoms with Gasteiger partial charge in [-0.15, -0.1) is 0 Å². The summed E-state index contributed by atoms with van der Waals surface area (Å²) in [4.78, 5) is 37.8. The Labute approximate surface area is 209 Å². The number of H-pyrrole nitrogens is 1. The molecule has 0 unspecified atom stereocenters. The predicted octanol–water partition coefficient (Wildman–Crippen LogP) is 2.14. The first-order valence-corrected chi connectivity index (χ1v) is 12.4. The molecule has 0 spiro atoms. The summed E-state index contributed by atoms with van der Waals surface area (Å²) in [7, 11) is 1.38. The van der Waals surface area contributed by atoms with Crippen LogP contribution in [0.4, 0.5) is 5.82 Å². The predicted molar refractivity (Wildman–Crippen MR) is 135 cm³/mol. The Morgan fingerprint density at radius 1 is 1.22 bits per heavy atom. The van der Waals surface area contributed by atoms with E-state index >= 15 is 0 Å². The maximum Gasteiger partial charge on any atom is 0.327 e. The maximum atomic E-state index is 12.6. The lowest BCUT2D eigenvalue weighted by Crippen LogP contribution is -2.40. The van der Waals surface area contributed by atoms with Crippen LogP contribution in [0.5, 0.6) is 11.8 Å². The first kappa shape index (κ1) is 25.5. The van der Waals surface area contributed by atoms with Crippen LogP contribution < -0.4 is 20.9 Å². The first-order chi connectivity index (χ1) is 17.5. The van der Waals surface area contributed by atoms with Crippen molar-refractivity contribution in [1.29, 1.82) is 0 Å². The zero-order valence-electron chi connectivity index (χ0n) is 20.9. The number of nitrogens with one attached hydrogen (secondary N) is 1. The molecule has 36 heavy (non-hydrogen) atoms. The number of rotatable bonds is 11. The summed E-state index contributed by atoms with van der Waals surface area (Å²) in [5, 5.41) is 0. The number of esters is 1. The number of nitrogen functional groups attached to an aromatic ring is 1. The van der Waals surface area contributed by atoms with Gasteiger partial charge in [0.1, 0.15) is 17.4 Å². The fourth-order valence-electron chi connectivity index (χ4n) is 4.26. The number of unbranched alkanes of at least 4 members (excludes halogenated alkanes) is 1. The highest BCUT2D eigenvalue weighted by Crippen LogP contribution is 2.21. The molecule has 0 amide bonds. The van der Waals surface area contributed by atoms with Crippen LogP contribution in [0, 0.1) is 0 Å². The molecule has 0 atom stereocenters. The number of likely N-dealkylation sites (tertiary alicyclic amines) is 1. The summed E-state index contributed by atoms with van der Waals surface area (Å²) in [6.07, 6.45) is 3.95. The standard InChI is InChI=1S/C25H34N6O5/c1-3-4-14-35-24-28-22(26)21-23(29-24)31(25(33)27-21)13-12-30-10-8-18(9-11-30)36-19-7-5-6-17(15-19)16-20(32)34-2/h5-7,15,18H,3-4,8-14,16H2,1-2H3,(H,27,33)(H2,26,28,29). The van der Waals surface area contributed by atoms with Gasteiger partial charge in [-0.3, -0.25) is 9.36 Å². The second kappa shape index (κ2) is 11.9. The normalized spacial score (nSPS) is 14.7. The molecule has 2 aromatic heterocycles. The molecule has 1 aromatic carbocycles. The van der Waals surface area contributed by atoms with Gasteiger partial charge in [-0.25, -0.2) is 4.79 Å². The van der Waals surface area contributed by atoms with E-state index in [-0.39, 0.29) is 36.0 Å². The quantitative estimate of drug-likeness (QED) is 0.301. The van der Waals surface area contributed by atoms with Crippen LogP contribution in [0.2, 0.25) is 0 Å². The number of imidazole rings is 1. The van der Waals surface area contributed by atoms with Crippen LogP contribution in [0.1, 0.15) is 38.2 Å². The van der Waals surface area contributed by atoms with Crippen molar-refractivity contribution in [1.82, 2.24) is 24.4 Å². The molecule has 3 aromatic rings. The van der Waals surface area contributed by atoms with Gasteiger partial charge in [-0.05, 0) is 37.0 Å². The first-order valence-electron chi connectivity index (χ1n) is 12.4. The number of carbonyl (C=O) groups is 1. The lowest BCUT2D eigenvalue weighted by molar-refractivity contribution is -0.139. The Kier molecular flexibility index (Phi) is 8.42. The second-order valence-electron chi connectivity index (χ2n) is 8.93. The zero-order chi connectivity index (χ0) is 25.5. The summed E-state index contributed by atoms with van der Waals surface area (Å²) < 4.78 is 18.1. The van der Waals surface area contributed by atoms with Crippen LogP contribution in [0.25, 0.3) is 11.2 Å². The third kappa shape index (κ3) is 6.34. The minimum absolute atomic E-state index is 0.0980. The van der Waals surface area contributed by atoms with Gasteiger partial charge in [-0.1, -0.05) is 25.5 Å². The summed E-state index contributed by atoms with van der Waals surface area (Å²) in [6, 6.07) is 7.76. The minimum atomic E-state index is -0.274. The van der Waals surface area contributed by atoms with Crippen molar-refractivity contribution in [3.8, 4) is 11.8 Å². The van der Waals surface area contributed by atoms with Crippen molar-refractivity contribution >= 4 is 23.0 Å². The number of anilines is 1. The molecule has 0 radical (unpaired) electrons. The topological polar surface area (TPSA) is 138 Å². The number of aromatic nitrogens is 4. The number of hydrogen-bond donors (Lipinski definition) is 2. The van der Waals surface area contributed by atoms with E-state index in [2.05, 4.69) is 26.8 Å². The molecule has 4 rings (SSSR count). The van der Waals surface area contributed by atoms with Gasteiger partial charge in [0.15, 0.2) is 11.5 Å². The molecule has 3 N–H and O–H groups in total. The largest absolute Gasteiger partial charge is 0.490 e. The average molecular weight is 499 g/mol. The molecule has 1 aliphatic heterocycles. The molecule has 0 bridgehead atoms. The number of benzene rings is 1. The van der Waals surface area contributed by atoms with Crippen LogP contribution >= 0.6 is 0 Å². The third-order valence-corrected chi connectivity index (χ3v) is 6.31. The molecule has 1 aliphatic rings. The van der Waals surface area contributed by atoms with Crippen molar-refractivity contribution in [2.45, 2.75) is 51.7 Å². The number of nitrogens with two attached hydrogens (primary N) is 1. The number of hydrogen-bond acceptors (Lipinski definition) is 9. The van der Waals surface area contributed by atoms with Crippen LogP contribution in [0.3, 0.4) is 0 Å². The highest BCUT2D eigenvalue weighted by atomic mass is 16.5. The van der Waals surface area contributed by atoms with Crippen LogP contribution in [-0.4, -0.2) is 69.8 Å². The molecule has 0 saturated carbocycles. The van der Waals surface area contributed by atoms with Gasteiger partial charge >= 0.3 is 17.7 Å². The summed E-state index contributed by atoms with van der Waals surface area (Å²) in [5.41, 5.74) is 7.54. The van der Waals surface area contributed by atoms with Gasteiger partial charge in [-0.2, -0.15) is 9.97 Å². The molecule has 11 heteroatoms. The lowest BCUT2D eigenvalue weighted by Gasteiger charge is -2.32. The Bertz CT molecular complexity index is 1230.